The Hall–Kier alpha value is -0.480. The molecule has 220 valence electrons. The van der Waals surface area contributed by atoms with Crippen LogP contribution in [0.4, 0.5) is 0 Å². The van der Waals surface area contributed by atoms with Gasteiger partial charge in [0.25, 0.3) is 0 Å². The molecule has 0 amide bonds. The Morgan fingerprint density at radius 3 is 1.95 bits per heavy atom. The van der Waals surface area contributed by atoms with Gasteiger partial charge >= 0.3 is 0 Å². The van der Waals surface area contributed by atoms with Gasteiger partial charge in [-0.05, 0) is 44.9 Å². The van der Waals surface area contributed by atoms with Gasteiger partial charge < -0.3 is 60.5 Å². The van der Waals surface area contributed by atoms with Crippen LogP contribution in [0.5, 0.6) is 0 Å². The monoisotopic (exact) mass is 548 g/mol. The van der Waals surface area contributed by atoms with Gasteiger partial charge in [-0.25, -0.2) is 0 Å². The highest BCUT2D eigenvalue weighted by Gasteiger charge is 2.76. The zero-order valence-corrected chi connectivity index (χ0v) is 22.2. The van der Waals surface area contributed by atoms with Gasteiger partial charge in [-0.15, -0.1) is 0 Å². The predicted octanol–water partition coefficient (Wildman–Crippen LogP) is -3.18. The predicted molar refractivity (Wildman–Crippen MR) is 128 cm³/mol. The van der Waals surface area contributed by atoms with Gasteiger partial charge in [0.15, 0.2) is 6.29 Å². The number of rotatable bonds is 3. The standard InChI is InChI=1S/C26H44O12/c1-23(2)21(38-22-18(32)17(31)16(30)12(8-27)37-22)19(33)20-25(4,35)10-5-6-11-15(29)14(24(11,3)34)9(10)7-13(28)26(20,23)36/h9-22,27-36H,5-8H2,1-4H3/t9-,10-,11+,12-,13-,14-,15+,16-,17+,18-,19+,20+,21+,22+,24+,25-,26-/m1/s1. The van der Waals surface area contributed by atoms with E-state index in [1.54, 1.807) is 20.8 Å². The lowest BCUT2D eigenvalue weighted by Crippen LogP contribution is -2.66. The van der Waals surface area contributed by atoms with Crippen molar-refractivity contribution in [1.29, 1.82) is 0 Å². The number of hydrogen-bond acceptors (Lipinski definition) is 12. The number of hydrogen-bond donors (Lipinski definition) is 10. The van der Waals surface area contributed by atoms with Gasteiger partial charge in [0.1, 0.15) is 30.0 Å². The lowest BCUT2D eigenvalue weighted by atomic mass is 9.54. The summed E-state index contributed by atoms with van der Waals surface area (Å²) < 4.78 is 11.4. The number of fused-ring (bicyclic) bond motifs is 2. The summed E-state index contributed by atoms with van der Waals surface area (Å²) in [5, 5.41) is 110. The van der Waals surface area contributed by atoms with E-state index in [0.717, 1.165) is 0 Å². The quantitative estimate of drug-likeness (QED) is 0.169. The van der Waals surface area contributed by atoms with Gasteiger partial charge in [0.2, 0.25) is 0 Å². The SMILES string of the molecule is CC1(C)[C@@H](O[C@@H]2O[C@H](CO)[C@@H](O)[C@H](O)[C@H]2O)[C@@H](O)[C@H]2[C@](C)(O)[C@@H]3CC[C@H]4[C@H](O)[C@@H]([C@@H]3C[C@@H](O)[C@@]21O)[C@@]4(C)O. The van der Waals surface area contributed by atoms with E-state index in [2.05, 4.69) is 0 Å². The van der Waals surface area contributed by atoms with E-state index in [1.165, 1.54) is 6.92 Å². The number of aliphatic hydroxyl groups is 10. The molecule has 0 aromatic carbocycles. The summed E-state index contributed by atoms with van der Waals surface area (Å²) in [4.78, 5) is 0. The number of aliphatic hydroxyl groups excluding tert-OH is 7. The van der Waals surface area contributed by atoms with Crippen LogP contribution >= 0.6 is 0 Å². The van der Waals surface area contributed by atoms with Gasteiger partial charge in [-0.3, -0.25) is 0 Å². The van der Waals surface area contributed by atoms with Crippen LogP contribution in [0.1, 0.15) is 47.0 Å². The second kappa shape index (κ2) is 9.01. The van der Waals surface area contributed by atoms with Gasteiger partial charge in [-0.2, -0.15) is 0 Å². The van der Waals surface area contributed by atoms with Crippen molar-refractivity contribution >= 4 is 0 Å². The minimum Gasteiger partial charge on any atom is -0.394 e. The normalized spacial score (nSPS) is 61.7. The molecule has 5 aliphatic carbocycles. The van der Waals surface area contributed by atoms with Crippen LogP contribution in [0.25, 0.3) is 0 Å². The van der Waals surface area contributed by atoms with Crippen LogP contribution in [0.2, 0.25) is 0 Å². The first-order valence-corrected chi connectivity index (χ1v) is 13.6. The van der Waals surface area contributed by atoms with Crippen molar-refractivity contribution in [2.75, 3.05) is 6.61 Å². The highest BCUT2D eigenvalue weighted by molar-refractivity contribution is 5.25. The zero-order chi connectivity index (χ0) is 28.3. The molecule has 2 bridgehead atoms. The topological polar surface area (TPSA) is 221 Å². The Morgan fingerprint density at radius 2 is 1.37 bits per heavy atom. The van der Waals surface area contributed by atoms with E-state index in [0.29, 0.717) is 12.8 Å². The molecule has 17 atom stereocenters. The second-order valence-electron chi connectivity index (χ2n) is 13.4. The van der Waals surface area contributed by atoms with Crippen LogP contribution in [0.3, 0.4) is 0 Å². The third kappa shape index (κ3) is 3.53. The molecule has 1 aliphatic heterocycles. The van der Waals surface area contributed by atoms with Gasteiger partial charge in [-0.1, -0.05) is 13.8 Å². The molecule has 6 rings (SSSR count). The molecule has 0 spiro atoms. The van der Waals surface area contributed by atoms with Crippen molar-refractivity contribution in [1.82, 2.24) is 0 Å². The molecular weight excluding hydrogens is 504 g/mol. The molecule has 12 nitrogen and oxygen atoms in total. The minimum atomic E-state index is -2.11. The fourth-order valence-corrected chi connectivity index (χ4v) is 9.24. The largest absolute Gasteiger partial charge is 0.394 e. The van der Waals surface area contributed by atoms with Crippen LogP contribution in [-0.4, -0.2) is 130 Å². The highest BCUT2D eigenvalue weighted by Crippen LogP contribution is 2.66. The molecule has 12 heteroatoms. The molecule has 10 N–H and O–H groups in total. The first-order valence-electron chi connectivity index (χ1n) is 13.6. The number of ether oxygens (including phenoxy) is 2. The second-order valence-corrected chi connectivity index (χ2v) is 13.4. The van der Waals surface area contributed by atoms with Crippen molar-refractivity contribution in [2.24, 2.45) is 35.0 Å². The lowest BCUT2D eigenvalue weighted by Gasteiger charge is -2.57. The average Bonchev–Trinajstić information content (AvgIpc) is 2.98. The Balaban J connectivity index is 1.51. The summed E-state index contributed by atoms with van der Waals surface area (Å²) >= 11 is 0. The van der Waals surface area contributed by atoms with Gasteiger partial charge in [0.05, 0.1) is 42.2 Å². The van der Waals surface area contributed by atoms with E-state index in [-0.39, 0.29) is 12.3 Å². The zero-order valence-electron chi connectivity index (χ0n) is 22.2. The summed E-state index contributed by atoms with van der Waals surface area (Å²) in [6.07, 6.45) is -12.3. The fraction of sp³-hybridized carbons (Fsp3) is 1.00. The van der Waals surface area contributed by atoms with E-state index in [9.17, 15) is 51.1 Å². The van der Waals surface area contributed by atoms with Crippen molar-refractivity contribution in [2.45, 2.75) is 119 Å². The Kier molecular flexibility index (Phi) is 6.88. The fourth-order valence-electron chi connectivity index (χ4n) is 9.24. The molecule has 38 heavy (non-hydrogen) atoms. The average molecular weight is 549 g/mol. The first kappa shape index (κ1) is 29.0. The maximum absolute atomic E-state index is 12.3. The van der Waals surface area contributed by atoms with Crippen LogP contribution in [0, 0.1) is 35.0 Å². The summed E-state index contributed by atoms with van der Waals surface area (Å²) in [5.74, 6) is -3.44. The third-order valence-electron chi connectivity index (χ3n) is 11.4. The molecule has 0 aromatic rings. The summed E-state index contributed by atoms with van der Waals surface area (Å²) in [6.45, 7) is 5.58. The Labute approximate surface area is 221 Å². The van der Waals surface area contributed by atoms with Crippen LogP contribution < -0.4 is 0 Å². The summed E-state index contributed by atoms with van der Waals surface area (Å²) in [5.41, 5.74) is -6.53. The molecule has 6 fully saturated rings. The maximum atomic E-state index is 12.3. The maximum Gasteiger partial charge on any atom is 0.187 e. The van der Waals surface area contributed by atoms with Crippen molar-refractivity contribution in [3.8, 4) is 0 Å². The lowest BCUT2D eigenvalue weighted by molar-refractivity contribution is -0.325. The summed E-state index contributed by atoms with van der Waals surface area (Å²) in [6, 6.07) is 0. The Morgan fingerprint density at radius 1 is 0.763 bits per heavy atom. The van der Waals surface area contributed by atoms with Crippen molar-refractivity contribution in [3.05, 3.63) is 0 Å². The molecule has 0 radical (unpaired) electrons. The highest BCUT2D eigenvalue weighted by atomic mass is 16.7. The molecule has 1 saturated heterocycles. The smallest absolute Gasteiger partial charge is 0.187 e. The molecule has 0 aromatic heterocycles. The molecule has 0 unspecified atom stereocenters. The van der Waals surface area contributed by atoms with Crippen molar-refractivity contribution in [3.63, 3.8) is 0 Å². The molecule has 6 aliphatic rings. The van der Waals surface area contributed by atoms with E-state index in [1.807, 2.05) is 0 Å². The van der Waals surface area contributed by atoms with E-state index >= 15 is 0 Å². The van der Waals surface area contributed by atoms with E-state index < -0.39 is 108 Å². The van der Waals surface area contributed by atoms with E-state index in [4.69, 9.17) is 9.47 Å². The van der Waals surface area contributed by atoms with Crippen LogP contribution in [-0.2, 0) is 9.47 Å². The third-order valence-corrected chi connectivity index (χ3v) is 11.4. The summed E-state index contributed by atoms with van der Waals surface area (Å²) in [7, 11) is 0. The molecule has 5 saturated carbocycles. The van der Waals surface area contributed by atoms with Crippen LogP contribution in [0.15, 0.2) is 0 Å². The Bertz CT molecular complexity index is 909. The first-order chi connectivity index (χ1) is 17.4. The van der Waals surface area contributed by atoms with Gasteiger partial charge in [0, 0.05) is 23.2 Å². The molecule has 1 heterocycles. The van der Waals surface area contributed by atoms with Crippen molar-refractivity contribution < 1.29 is 60.5 Å². The molecular formula is C26H44O12. The minimum absolute atomic E-state index is 0.0403.